The van der Waals surface area contributed by atoms with Gasteiger partial charge in [0, 0.05) is 5.92 Å². The van der Waals surface area contributed by atoms with Crippen molar-refractivity contribution in [2.75, 3.05) is 20.3 Å². The van der Waals surface area contributed by atoms with Crippen molar-refractivity contribution in [3.05, 3.63) is 23.5 Å². The summed E-state index contributed by atoms with van der Waals surface area (Å²) < 4.78 is 21.3. The van der Waals surface area contributed by atoms with Gasteiger partial charge in [0.15, 0.2) is 6.29 Å². The quantitative estimate of drug-likeness (QED) is 0.258. The Morgan fingerprint density at radius 2 is 1.93 bits per heavy atom. The molecule has 1 fully saturated rings. The smallest absolute Gasteiger partial charge is 0.337 e. The maximum absolute atomic E-state index is 12.0. The molecule has 1 aliphatic carbocycles. The first-order valence-electron chi connectivity index (χ1n) is 8.62. The molecule has 0 aromatic carbocycles. The highest BCUT2D eigenvalue weighted by molar-refractivity contribution is 5.89. The molecule has 152 valence electrons. The van der Waals surface area contributed by atoms with Gasteiger partial charge in [-0.15, -0.1) is 0 Å². The predicted octanol–water partition coefficient (Wildman–Crippen LogP) is -2.23. The maximum atomic E-state index is 12.0. The lowest BCUT2D eigenvalue weighted by atomic mass is 9.83. The van der Waals surface area contributed by atoms with Gasteiger partial charge in [0.25, 0.3) is 0 Å². The minimum Gasteiger partial charge on any atom is -0.471 e. The van der Waals surface area contributed by atoms with Gasteiger partial charge >= 0.3 is 5.97 Å². The fraction of sp³-hybridized carbons (Fsp3) is 0.706. The van der Waals surface area contributed by atoms with Crippen LogP contribution in [0.25, 0.3) is 0 Å². The van der Waals surface area contributed by atoms with Crippen LogP contribution in [-0.4, -0.2) is 88.8 Å². The van der Waals surface area contributed by atoms with Crippen molar-refractivity contribution in [3.8, 4) is 0 Å². The van der Waals surface area contributed by atoms with Crippen molar-refractivity contribution in [2.24, 2.45) is 11.8 Å². The zero-order valence-electron chi connectivity index (χ0n) is 14.7. The lowest BCUT2D eigenvalue weighted by molar-refractivity contribution is -0.339. The summed E-state index contributed by atoms with van der Waals surface area (Å²) in [4.78, 5) is 12.0. The van der Waals surface area contributed by atoms with E-state index < -0.39 is 55.5 Å². The molecule has 10 heteroatoms. The number of esters is 1. The SMILES string of the molecule is COC(=O)C1=CO[C@@H](OC2OC(CO)C(O)C(O)C2O)[C@@H]2C(CO)=CC[C@H]12. The van der Waals surface area contributed by atoms with Gasteiger partial charge in [-0.05, 0) is 12.0 Å². The third kappa shape index (κ3) is 3.61. The third-order valence-corrected chi connectivity index (χ3v) is 5.24. The Bertz CT molecular complexity index is 615. The molecule has 1 saturated heterocycles. The molecule has 2 aliphatic heterocycles. The van der Waals surface area contributed by atoms with E-state index in [0.717, 1.165) is 0 Å². The van der Waals surface area contributed by atoms with Crippen molar-refractivity contribution >= 4 is 5.97 Å². The minimum atomic E-state index is -1.59. The summed E-state index contributed by atoms with van der Waals surface area (Å²) in [7, 11) is 1.25. The van der Waals surface area contributed by atoms with Gasteiger partial charge in [0.1, 0.15) is 24.4 Å². The van der Waals surface area contributed by atoms with Crippen LogP contribution in [-0.2, 0) is 23.7 Å². The number of allylic oxidation sites excluding steroid dienone is 1. The van der Waals surface area contributed by atoms with Crippen molar-refractivity contribution in [1.82, 2.24) is 0 Å². The van der Waals surface area contributed by atoms with Crippen LogP contribution in [0.2, 0.25) is 0 Å². The second-order valence-corrected chi connectivity index (χ2v) is 6.71. The van der Waals surface area contributed by atoms with Crippen molar-refractivity contribution < 1.29 is 49.3 Å². The van der Waals surface area contributed by atoms with Crippen molar-refractivity contribution in [2.45, 2.75) is 43.4 Å². The standard InChI is InChI=1S/C17H24O10/c1-24-15(23)9-6-25-16(11-7(4-18)2-3-8(9)11)27-17-14(22)13(21)12(20)10(5-19)26-17/h2,6,8,10-14,16-22H,3-5H2,1H3/t8-,10?,11-,12?,13?,14?,16+,17?/m1/s1. The Morgan fingerprint density at radius 1 is 1.19 bits per heavy atom. The predicted molar refractivity (Wildman–Crippen MR) is 86.6 cm³/mol. The zero-order chi connectivity index (χ0) is 19.7. The summed E-state index contributed by atoms with van der Waals surface area (Å²) in [5.74, 6) is -1.42. The van der Waals surface area contributed by atoms with Crippen LogP contribution in [0.5, 0.6) is 0 Å². The highest BCUT2D eigenvalue weighted by atomic mass is 16.8. The van der Waals surface area contributed by atoms with Crippen LogP contribution in [0.4, 0.5) is 0 Å². The van der Waals surface area contributed by atoms with E-state index in [1.807, 2.05) is 0 Å². The van der Waals surface area contributed by atoms with Gasteiger partial charge in [-0.1, -0.05) is 6.08 Å². The molecular formula is C17H24O10. The summed E-state index contributed by atoms with van der Waals surface area (Å²) >= 11 is 0. The summed E-state index contributed by atoms with van der Waals surface area (Å²) in [5.41, 5.74) is 0.903. The van der Waals surface area contributed by atoms with Crippen LogP contribution in [0.1, 0.15) is 6.42 Å². The van der Waals surface area contributed by atoms with E-state index in [4.69, 9.17) is 18.9 Å². The molecule has 0 radical (unpaired) electrons. The minimum absolute atomic E-state index is 0.270. The topological polar surface area (TPSA) is 155 Å². The van der Waals surface area contributed by atoms with Crippen LogP contribution < -0.4 is 0 Å². The van der Waals surface area contributed by atoms with Crippen LogP contribution >= 0.6 is 0 Å². The van der Waals surface area contributed by atoms with E-state index in [0.29, 0.717) is 17.6 Å². The van der Waals surface area contributed by atoms with E-state index >= 15 is 0 Å². The number of ether oxygens (including phenoxy) is 4. The first-order valence-corrected chi connectivity index (χ1v) is 8.62. The van der Waals surface area contributed by atoms with Gasteiger partial charge in [-0.25, -0.2) is 4.79 Å². The van der Waals surface area contributed by atoms with Gasteiger partial charge in [0.2, 0.25) is 6.29 Å². The first kappa shape index (κ1) is 20.2. The van der Waals surface area contributed by atoms with Crippen molar-refractivity contribution in [3.63, 3.8) is 0 Å². The molecule has 5 unspecified atom stereocenters. The zero-order valence-corrected chi connectivity index (χ0v) is 14.7. The highest BCUT2D eigenvalue weighted by Crippen LogP contribution is 2.44. The maximum Gasteiger partial charge on any atom is 0.337 e. The third-order valence-electron chi connectivity index (χ3n) is 5.24. The van der Waals surface area contributed by atoms with E-state index in [1.54, 1.807) is 6.08 Å². The second kappa shape index (κ2) is 8.23. The number of hydrogen-bond acceptors (Lipinski definition) is 10. The average molecular weight is 388 g/mol. The largest absolute Gasteiger partial charge is 0.471 e. The van der Waals surface area contributed by atoms with Crippen LogP contribution in [0.15, 0.2) is 23.5 Å². The van der Waals surface area contributed by atoms with E-state index in [9.17, 15) is 30.3 Å². The highest BCUT2D eigenvalue weighted by Gasteiger charge is 2.49. The number of aliphatic hydroxyl groups is 5. The van der Waals surface area contributed by atoms with E-state index in [2.05, 4.69) is 0 Å². The molecule has 3 aliphatic rings. The summed E-state index contributed by atoms with van der Waals surface area (Å²) in [6, 6.07) is 0. The molecule has 0 bridgehead atoms. The molecule has 8 atom stereocenters. The number of hydrogen-bond donors (Lipinski definition) is 5. The molecule has 0 amide bonds. The lowest BCUT2D eigenvalue weighted by Crippen LogP contribution is -2.60. The normalized spacial score (nSPS) is 41.3. The molecule has 0 spiro atoms. The Balaban J connectivity index is 1.80. The Hall–Kier alpha value is -1.53. The number of aliphatic hydroxyl groups excluding tert-OH is 5. The molecule has 2 heterocycles. The van der Waals surface area contributed by atoms with Crippen LogP contribution in [0, 0.1) is 11.8 Å². The second-order valence-electron chi connectivity index (χ2n) is 6.71. The molecule has 0 aromatic heterocycles. The molecule has 27 heavy (non-hydrogen) atoms. The summed E-state index contributed by atoms with van der Waals surface area (Å²) in [5, 5.41) is 48.8. The number of fused-ring (bicyclic) bond motifs is 1. The molecule has 3 rings (SSSR count). The Kier molecular flexibility index (Phi) is 6.16. The summed E-state index contributed by atoms with van der Waals surface area (Å²) in [6.07, 6.45) is -4.73. The van der Waals surface area contributed by atoms with Gasteiger partial charge < -0.3 is 44.5 Å². The average Bonchev–Trinajstić information content (AvgIpc) is 3.12. The Labute approximate surface area is 155 Å². The summed E-state index contributed by atoms with van der Waals surface area (Å²) in [6.45, 7) is -0.857. The van der Waals surface area contributed by atoms with Gasteiger partial charge in [-0.3, -0.25) is 0 Å². The van der Waals surface area contributed by atoms with Crippen molar-refractivity contribution in [1.29, 1.82) is 0 Å². The van der Waals surface area contributed by atoms with Gasteiger partial charge in [-0.2, -0.15) is 0 Å². The van der Waals surface area contributed by atoms with E-state index in [1.165, 1.54) is 13.4 Å². The fourth-order valence-electron chi connectivity index (χ4n) is 3.73. The van der Waals surface area contributed by atoms with E-state index in [-0.39, 0.29) is 12.5 Å². The van der Waals surface area contributed by atoms with Crippen LogP contribution in [0.3, 0.4) is 0 Å². The molecule has 0 saturated carbocycles. The first-order chi connectivity index (χ1) is 12.9. The van der Waals surface area contributed by atoms with Gasteiger partial charge in [0.05, 0.1) is 38.1 Å². The number of carbonyl (C=O) groups excluding carboxylic acids is 1. The number of rotatable bonds is 5. The fourth-order valence-corrected chi connectivity index (χ4v) is 3.73. The molecule has 0 aromatic rings. The molecule has 5 N–H and O–H groups in total. The number of carbonyl (C=O) groups is 1. The lowest BCUT2D eigenvalue weighted by Gasteiger charge is -2.42. The molecule has 10 nitrogen and oxygen atoms in total. The molecular weight excluding hydrogens is 364 g/mol. The Morgan fingerprint density at radius 3 is 2.56 bits per heavy atom. The monoisotopic (exact) mass is 388 g/mol. The number of methoxy groups -OCH3 is 1.